The van der Waals surface area contributed by atoms with Crippen LogP contribution in [0.25, 0.3) is 10.9 Å². The first-order valence-electron chi connectivity index (χ1n) is 9.74. The maximum atomic E-state index is 14.2. The third-order valence-electron chi connectivity index (χ3n) is 5.52. The van der Waals surface area contributed by atoms with Crippen LogP contribution in [-0.2, 0) is 11.8 Å². The second-order valence-electron chi connectivity index (χ2n) is 7.35. The minimum atomic E-state index is -0.117. The number of aromatic nitrogens is 1. The van der Waals surface area contributed by atoms with Gasteiger partial charge in [0.15, 0.2) is 5.96 Å². The van der Waals surface area contributed by atoms with Crippen molar-refractivity contribution in [2.24, 2.45) is 4.99 Å². The fraction of sp³-hybridized carbons (Fsp3) is 0.304. The van der Waals surface area contributed by atoms with Crippen LogP contribution in [0.3, 0.4) is 0 Å². The lowest BCUT2D eigenvalue weighted by molar-refractivity contribution is 0.560. The van der Waals surface area contributed by atoms with Gasteiger partial charge in [0.2, 0.25) is 0 Å². The maximum Gasteiger partial charge on any atom is 0.191 e. The summed E-state index contributed by atoms with van der Waals surface area (Å²) in [7, 11) is 1.76. The molecule has 0 radical (unpaired) electrons. The van der Waals surface area contributed by atoms with Gasteiger partial charge in [0.1, 0.15) is 5.82 Å². The SMILES string of the molecule is CN=C(NCCc1cccc2cccnc12)NCC1(c2ccccc2F)CC1. The van der Waals surface area contributed by atoms with Crippen LogP contribution in [0.2, 0.25) is 0 Å². The third kappa shape index (κ3) is 3.84. The van der Waals surface area contributed by atoms with Crippen molar-refractivity contribution < 1.29 is 4.39 Å². The summed E-state index contributed by atoms with van der Waals surface area (Å²) in [4.78, 5) is 8.82. The minimum absolute atomic E-state index is 0.109. The molecule has 0 bridgehead atoms. The Morgan fingerprint density at radius 2 is 1.89 bits per heavy atom. The van der Waals surface area contributed by atoms with Gasteiger partial charge in [-0.15, -0.1) is 0 Å². The average Bonchev–Trinajstić information content (AvgIpc) is 3.52. The Balaban J connectivity index is 1.34. The van der Waals surface area contributed by atoms with Crippen LogP contribution in [-0.4, -0.2) is 31.1 Å². The first-order valence-corrected chi connectivity index (χ1v) is 9.74. The second-order valence-corrected chi connectivity index (χ2v) is 7.35. The molecule has 0 saturated heterocycles. The minimum Gasteiger partial charge on any atom is -0.356 e. The van der Waals surface area contributed by atoms with Crippen LogP contribution in [0.15, 0.2) is 65.8 Å². The van der Waals surface area contributed by atoms with Gasteiger partial charge in [-0.3, -0.25) is 9.98 Å². The van der Waals surface area contributed by atoms with Crippen molar-refractivity contribution in [2.45, 2.75) is 24.7 Å². The molecule has 4 nitrogen and oxygen atoms in total. The van der Waals surface area contributed by atoms with Gasteiger partial charge in [-0.05, 0) is 42.5 Å². The summed E-state index contributed by atoms with van der Waals surface area (Å²) in [5.41, 5.74) is 2.96. The Kier molecular flexibility index (Phi) is 5.24. The Labute approximate surface area is 164 Å². The van der Waals surface area contributed by atoms with Crippen molar-refractivity contribution in [1.82, 2.24) is 15.6 Å². The second kappa shape index (κ2) is 7.97. The van der Waals surface area contributed by atoms with E-state index in [1.807, 2.05) is 24.4 Å². The number of pyridine rings is 1. The van der Waals surface area contributed by atoms with E-state index in [9.17, 15) is 4.39 Å². The molecule has 28 heavy (non-hydrogen) atoms. The van der Waals surface area contributed by atoms with Crippen LogP contribution in [0, 0.1) is 5.82 Å². The van der Waals surface area contributed by atoms with Crippen LogP contribution in [0.1, 0.15) is 24.0 Å². The highest BCUT2D eigenvalue weighted by atomic mass is 19.1. The lowest BCUT2D eigenvalue weighted by atomic mass is 9.95. The molecule has 1 aromatic heterocycles. The summed E-state index contributed by atoms with van der Waals surface area (Å²) in [5, 5.41) is 7.90. The van der Waals surface area contributed by atoms with Gasteiger partial charge in [-0.25, -0.2) is 4.39 Å². The standard InChI is InChI=1S/C23H25FN4/c1-25-22(28-16-23(12-13-23)19-9-2-3-10-20(19)24)27-15-11-18-7-4-6-17-8-5-14-26-21(17)18/h2-10,14H,11-13,15-16H2,1H3,(H2,25,27,28). The Morgan fingerprint density at radius 3 is 2.68 bits per heavy atom. The number of fused-ring (bicyclic) bond motifs is 1. The molecular weight excluding hydrogens is 351 g/mol. The van der Waals surface area contributed by atoms with E-state index in [-0.39, 0.29) is 11.2 Å². The van der Waals surface area contributed by atoms with E-state index >= 15 is 0 Å². The lowest BCUT2D eigenvalue weighted by Crippen LogP contribution is -2.42. The van der Waals surface area contributed by atoms with Gasteiger partial charge in [-0.2, -0.15) is 0 Å². The van der Waals surface area contributed by atoms with E-state index in [0.29, 0.717) is 6.54 Å². The maximum absolute atomic E-state index is 14.2. The van der Waals surface area contributed by atoms with Crippen molar-refractivity contribution in [2.75, 3.05) is 20.1 Å². The largest absolute Gasteiger partial charge is 0.356 e. The molecule has 0 unspecified atom stereocenters. The first-order chi connectivity index (χ1) is 13.7. The molecule has 0 amide bonds. The van der Waals surface area contributed by atoms with Crippen molar-refractivity contribution in [3.05, 3.63) is 77.7 Å². The average molecular weight is 376 g/mol. The van der Waals surface area contributed by atoms with Crippen molar-refractivity contribution in [3.8, 4) is 0 Å². The molecule has 1 fully saturated rings. The Morgan fingerprint density at radius 1 is 1.07 bits per heavy atom. The molecule has 0 aliphatic heterocycles. The van der Waals surface area contributed by atoms with Crippen LogP contribution in [0.4, 0.5) is 4.39 Å². The number of halogens is 1. The Bertz CT molecular complexity index is 989. The summed E-state index contributed by atoms with van der Waals surface area (Å²) in [5.74, 6) is 0.629. The number of benzene rings is 2. The van der Waals surface area contributed by atoms with Gasteiger partial charge < -0.3 is 10.6 Å². The Hall–Kier alpha value is -2.95. The monoisotopic (exact) mass is 376 g/mol. The lowest BCUT2D eigenvalue weighted by Gasteiger charge is -2.19. The smallest absolute Gasteiger partial charge is 0.191 e. The van der Waals surface area contributed by atoms with E-state index in [4.69, 9.17) is 0 Å². The number of guanidine groups is 1. The van der Waals surface area contributed by atoms with Crippen molar-refractivity contribution in [1.29, 1.82) is 0 Å². The number of nitrogens with one attached hydrogen (secondary N) is 2. The normalized spacial score (nSPS) is 15.4. The zero-order valence-corrected chi connectivity index (χ0v) is 16.1. The van der Waals surface area contributed by atoms with Crippen LogP contribution < -0.4 is 10.6 Å². The summed E-state index contributed by atoms with van der Waals surface area (Å²) >= 11 is 0. The first kappa shape index (κ1) is 18.4. The zero-order chi connectivity index (χ0) is 19.4. The van der Waals surface area contributed by atoms with Gasteiger partial charge in [0.05, 0.1) is 5.52 Å². The quantitative estimate of drug-likeness (QED) is 0.508. The number of nitrogens with zero attached hydrogens (tertiary/aromatic N) is 2. The molecule has 1 saturated carbocycles. The number of para-hydroxylation sites is 1. The summed E-state index contributed by atoms with van der Waals surface area (Å²) in [6.07, 6.45) is 4.68. The topological polar surface area (TPSA) is 49.3 Å². The summed E-state index contributed by atoms with van der Waals surface area (Å²) < 4.78 is 14.2. The number of rotatable bonds is 6. The third-order valence-corrected chi connectivity index (χ3v) is 5.52. The molecule has 0 spiro atoms. The highest BCUT2D eigenvalue weighted by Gasteiger charge is 2.45. The van der Waals surface area contributed by atoms with E-state index in [0.717, 1.165) is 48.2 Å². The van der Waals surface area contributed by atoms with Gasteiger partial charge in [-0.1, -0.05) is 42.5 Å². The van der Waals surface area contributed by atoms with Crippen molar-refractivity contribution >= 4 is 16.9 Å². The van der Waals surface area contributed by atoms with Crippen LogP contribution >= 0.6 is 0 Å². The summed E-state index contributed by atoms with van der Waals surface area (Å²) in [6, 6.07) is 17.4. The zero-order valence-electron chi connectivity index (χ0n) is 16.1. The molecule has 2 N–H and O–H groups in total. The predicted octanol–water partition coefficient (Wildman–Crippen LogP) is 3.81. The van der Waals surface area contributed by atoms with Gasteiger partial charge in [0, 0.05) is 37.1 Å². The number of hydrogen-bond acceptors (Lipinski definition) is 2. The van der Waals surface area contributed by atoms with E-state index in [1.165, 1.54) is 5.56 Å². The molecular formula is C23H25FN4. The highest BCUT2D eigenvalue weighted by molar-refractivity contribution is 5.82. The molecule has 144 valence electrons. The molecule has 1 aliphatic rings. The van der Waals surface area contributed by atoms with Crippen LogP contribution in [0.5, 0.6) is 0 Å². The molecule has 5 heteroatoms. The van der Waals surface area contributed by atoms with E-state index in [1.54, 1.807) is 19.2 Å². The van der Waals surface area contributed by atoms with Crippen molar-refractivity contribution in [3.63, 3.8) is 0 Å². The van der Waals surface area contributed by atoms with E-state index in [2.05, 4.69) is 44.9 Å². The molecule has 4 rings (SSSR count). The van der Waals surface area contributed by atoms with E-state index < -0.39 is 0 Å². The fourth-order valence-corrected chi connectivity index (χ4v) is 3.74. The highest BCUT2D eigenvalue weighted by Crippen LogP contribution is 2.48. The molecule has 1 aliphatic carbocycles. The molecule has 2 aromatic carbocycles. The predicted molar refractivity (Wildman–Crippen MR) is 112 cm³/mol. The van der Waals surface area contributed by atoms with Gasteiger partial charge >= 0.3 is 0 Å². The summed E-state index contributed by atoms with van der Waals surface area (Å²) in [6.45, 7) is 1.44. The number of hydrogen-bond donors (Lipinski definition) is 2. The number of aliphatic imine (C=N–C) groups is 1. The molecule has 3 aromatic rings. The van der Waals surface area contributed by atoms with Gasteiger partial charge in [0.25, 0.3) is 0 Å². The molecule has 0 atom stereocenters. The fourth-order valence-electron chi connectivity index (χ4n) is 3.74. The molecule has 1 heterocycles.